The maximum atomic E-state index is 4.02. The highest BCUT2D eigenvalue weighted by atomic mass is 32.1. The third-order valence-corrected chi connectivity index (χ3v) is 1.32. The van der Waals surface area contributed by atoms with Crippen molar-refractivity contribution >= 4 is 25.0 Å². The number of nitrogens with zero attached hydrogens (tertiary/aromatic N) is 3. The maximum Gasteiger partial charge on any atom is 0.117 e. The molecule has 56 valence electrons. The molecule has 10 heavy (non-hydrogen) atoms. The Morgan fingerprint density at radius 2 is 2.30 bits per heavy atom. The molecule has 4 heteroatoms. The summed E-state index contributed by atoms with van der Waals surface area (Å²) in [7, 11) is 1.66. The Kier molecular flexibility index (Phi) is 4.66. The fraction of sp³-hybridized carbons (Fsp3) is 0.333. The summed E-state index contributed by atoms with van der Waals surface area (Å²) in [6.07, 6.45) is 3.02. The van der Waals surface area contributed by atoms with Gasteiger partial charge in [0.2, 0.25) is 0 Å². The Morgan fingerprint density at radius 3 is 2.70 bits per heavy atom. The van der Waals surface area contributed by atoms with Crippen molar-refractivity contribution in [2.75, 3.05) is 7.05 Å². The van der Waals surface area contributed by atoms with Gasteiger partial charge in [-0.05, 0) is 6.92 Å². The Hall–Kier alpha value is -0.770. The van der Waals surface area contributed by atoms with Crippen molar-refractivity contribution in [1.82, 2.24) is 4.31 Å². The highest BCUT2D eigenvalue weighted by Crippen LogP contribution is 1.94. The highest BCUT2D eigenvalue weighted by molar-refractivity contribution is 7.78. The van der Waals surface area contributed by atoms with Crippen LogP contribution in [-0.2, 0) is 0 Å². The molecule has 0 aromatic heterocycles. The van der Waals surface area contributed by atoms with Gasteiger partial charge in [0.05, 0.1) is 0 Å². The molecule has 0 radical (unpaired) electrons. The fourth-order valence-corrected chi connectivity index (χ4v) is 0.384. The van der Waals surface area contributed by atoms with E-state index < -0.39 is 0 Å². The van der Waals surface area contributed by atoms with Crippen molar-refractivity contribution in [1.29, 1.82) is 0 Å². The van der Waals surface area contributed by atoms with E-state index >= 15 is 0 Å². The summed E-state index contributed by atoms with van der Waals surface area (Å²) in [4.78, 5) is 7.60. The van der Waals surface area contributed by atoms with Gasteiger partial charge in [0.25, 0.3) is 0 Å². The zero-order valence-corrected chi connectivity index (χ0v) is 7.05. The van der Waals surface area contributed by atoms with E-state index in [9.17, 15) is 0 Å². The lowest BCUT2D eigenvalue weighted by Crippen LogP contribution is -2.10. The van der Waals surface area contributed by atoms with E-state index in [0.29, 0.717) is 0 Å². The van der Waals surface area contributed by atoms with Gasteiger partial charge in [-0.3, -0.25) is 9.30 Å². The average molecular weight is 157 g/mol. The predicted molar refractivity (Wildman–Crippen MR) is 48.5 cm³/mol. The number of hydrogen-bond acceptors (Lipinski definition) is 2. The van der Waals surface area contributed by atoms with Crippen molar-refractivity contribution in [3.8, 4) is 0 Å². The molecule has 0 saturated carbocycles. The second-order valence-corrected chi connectivity index (χ2v) is 2.01. The van der Waals surface area contributed by atoms with E-state index in [4.69, 9.17) is 0 Å². The molecule has 0 aliphatic rings. The minimum absolute atomic E-state index is 0.740. The molecule has 0 saturated heterocycles. The molecule has 0 aromatic rings. The largest absolute Gasteiger partial charge is 0.283 e. The van der Waals surface area contributed by atoms with Gasteiger partial charge in [0.15, 0.2) is 0 Å². The van der Waals surface area contributed by atoms with Gasteiger partial charge >= 0.3 is 0 Å². The smallest absolute Gasteiger partial charge is 0.117 e. The number of thiol groups is 1. The topological polar surface area (TPSA) is 28.0 Å². The van der Waals surface area contributed by atoms with Crippen molar-refractivity contribution in [2.45, 2.75) is 6.92 Å². The Labute approximate surface area is 66.7 Å². The van der Waals surface area contributed by atoms with Gasteiger partial charge in [-0.1, -0.05) is 19.4 Å². The van der Waals surface area contributed by atoms with Crippen LogP contribution in [0.15, 0.2) is 22.8 Å². The zero-order valence-electron chi connectivity index (χ0n) is 6.15. The van der Waals surface area contributed by atoms with E-state index in [0.717, 1.165) is 5.84 Å². The second-order valence-electron chi connectivity index (χ2n) is 1.58. The van der Waals surface area contributed by atoms with Gasteiger partial charge in [0, 0.05) is 13.2 Å². The molecule has 0 fully saturated rings. The monoisotopic (exact) mass is 157 g/mol. The van der Waals surface area contributed by atoms with Crippen LogP contribution in [0, 0.1) is 0 Å². The molecule has 0 N–H and O–H groups in total. The molecule has 0 amide bonds. The van der Waals surface area contributed by atoms with E-state index in [2.05, 4.69) is 29.4 Å². The SMILES string of the molecule is C=CN(S)C(C)=NC=NC. The molecule has 0 unspecified atom stereocenters. The normalized spacial score (nSPS) is 12.1. The summed E-state index contributed by atoms with van der Waals surface area (Å²) >= 11 is 4.02. The summed E-state index contributed by atoms with van der Waals surface area (Å²) in [6.45, 7) is 5.33. The maximum absolute atomic E-state index is 4.02. The second kappa shape index (κ2) is 5.05. The molecular weight excluding hydrogens is 146 g/mol. The Balaban J connectivity index is 4.03. The first-order chi connectivity index (χ1) is 4.72. The Morgan fingerprint density at radius 1 is 1.70 bits per heavy atom. The van der Waals surface area contributed by atoms with Crippen molar-refractivity contribution in [2.24, 2.45) is 9.98 Å². The number of hydrogen-bond donors (Lipinski definition) is 1. The number of aliphatic imine (C=N–C) groups is 2. The number of amidine groups is 1. The van der Waals surface area contributed by atoms with Crippen LogP contribution in [-0.4, -0.2) is 23.5 Å². The zero-order chi connectivity index (χ0) is 7.98. The molecule has 0 heterocycles. The third-order valence-electron chi connectivity index (χ3n) is 0.865. The van der Waals surface area contributed by atoms with E-state index in [-0.39, 0.29) is 0 Å². The van der Waals surface area contributed by atoms with Crippen LogP contribution in [0.3, 0.4) is 0 Å². The van der Waals surface area contributed by atoms with Gasteiger partial charge in [-0.25, -0.2) is 4.99 Å². The molecule has 0 aromatic carbocycles. The molecule has 0 bridgehead atoms. The first-order valence-corrected chi connectivity index (χ1v) is 3.18. The predicted octanol–water partition coefficient (Wildman–Crippen LogP) is 1.35. The van der Waals surface area contributed by atoms with Crippen LogP contribution in [0.1, 0.15) is 6.92 Å². The Bertz CT molecular complexity index is 162. The molecular formula is C6H11N3S. The van der Waals surface area contributed by atoms with E-state index in [1.165, 1.54) is 10.6 Å². The van der Waals surface area contributed by atoms with Gasteiger partial charge in [0.1, 0.15) is 12.2 Å². The minimum atomic E-state index is 0.740. The van der Waals surface area contributed by atoms with E-state index in [1.807, 2.05) is 6.92 Å². The molecule has 0 aliphatic heterocycles. The summed E-state index contributed by atoms with van der Waals surface area (Å²) < 4.78 is 1.52. The first-order valence-electron chi connectivity index (χ1n) is 2.78. The molecule has 3 nitrogen and oxygen atoms in total. The molecule has 0 rings (SSSR count). The summed E-state index contributed by atoms with van der Waals surface area (Å²) in [5.74, 6) is 0.740. The molecule has 0 atom stereocenters. The fourth-order valence-electron chi connectivity index (χ4n) is 0.333. The van der Waals surface area contributed by atoms with Gasteiger partial charge in [-0.2, -0.15) is 0 Å². The third kappa shape index (κ3) is 3.29. The summed E-state index contributed by atoms with van der Waals surface area (Å²) in [5.41, 5.74) is 0. The van der Waals surface area contributed by atoms with Crippen molar-refractivity contribution < 1.29 is 0 Å². The lowest BCUT2D eigenvalue weighted by molar-refractivity contribution is 0.938. The molecule has 0 aliphatic carbocycles. The van der Waals surface area contributed by atoms with Crippen molar-refractivity contribution in [3.05, 3.63) is 12.8 Å². The summed E-state index contributed by atoms with van der Waals surface area (Å²) in [6, 6.07) is 0. The van der Waals surface area contributed by atoms with Crippen LogP contribution in [0.25, 0.3) is 0 Å². The first kappa shape index (κ1) is 9.23. The van der Waals surface area contributed by atoms with Gasteiger partial charge in [-0.15, -0.1) is 0 Å². The highest BCUT2D eigenvalue weighted by Gasteiger charge is 1.91. The lowest BCUT2D eigenvalue weighted by Gasteiger charge is -2.08. The lowest BCUT2D eigenvalue weighted by atomic mass is 10.6. The standard InChI is InChI=1S/C6H11N3S/c1-4-9(10)6(2)8-5-7-3/h4-5,10H,1H2,2-3H3. The van der Waals surface area contributed by atoms with Crippen molar-refractivity contribution in [3.63, 3.8) is 0 Å². The van der Waals surface area contributed by atoms with Gasteiger partial charge < -0.3 is 0 Å². The minimum Gasteiger partial charge on any atom is -0.283 e. The van der Waals surface area contributed by atoms with Crippen LogP contribution in [0.4, 0.5) is 0 Å². The average Bonchev–Trinajstić information content (AvgIpc) is 1.98. The van der Waals surface area contributed by atoms with E-state index in [1.54, 1.807) is 13.2 Å². The van der Waals surface area contributed by atoms with Crippen LogP contribution in [0.2, 0.25) is 0 Å². The summed E-state index contributed by atoms with van der Waals surface area (Å²) in [5, 5.41) is 0. The van der Waals surface area contributed by atoms with Crippen LogP contribution in [0.5, 0.6) is 0 Å². The number of rotatable bonds is 2. The molecule has 0 spiro atoms. The van der Waals surface area contributed by atoms with Crippen LogP contribution < -0.4 is 0 Å². The van der Waals surface area contributed by atoms with Crippen LogP contribution >= 0.6 is 12.8 Å². The quantitative estimate of drug-likeness (QED) is 0.366.